The molecule has 19 heteroatoms. The maximum Gasteiger partial charge on any atom is 1.00 e. The topological polar surface area (TPSA) is 226 Å². The number of pyridine rings is 1. The molecule has 3 aliphatic rings. The average Bonchev–Trinajstić information content (AvgIpc) is 3.34. The van der Waals surface area contributed by atoms with Gasteiger partial charge in [-0.1, -0.05) is 5.16 Å². The Morgan fingerprint density at radius 1 is 1.33 bits per heavy atom. The van der Waals surface area contributed by atoms with Gasteiger partial charge in [-0.25, -0.2) is 9.78 Å². The number of hydrogen-bond acceptors (Lipinski definition) is 11. The van der Waals surface area contributed by atoms with Crippen molar-refractivity contribution in [3.05, 3.63) is 51.9 Å². The second kappa shape index (κ2) is 14.3. The number of aliphatic carboxylic acids is 1. The number of β-lactam (4-membered cyclic amide) rings is 1. The fraction of sp³-hybridized carbons (Fsp3) is 0.391. The van der Waals surface area contributed by atoms with Crippen molar-refractivity contribution in [2.45, 2.75) is 43.6 Å². The van der Waals surface area contributed by atoms with Gasteiger partial charge in [0.15, 0.2) is 29.3 Å². The van der Waals surface area contributed by atoms with Crippen LogP contribution in [-0.2, 0) is 49.0 Å². The molecule has 2 amide bonds. The molecule has 1 fully saturated rings. The fourth-order valence-electron chi connectivity index (χ4n) is 4.83. The normalized spacial score (nSPS) is 19.7. The van der Waals surface area contributed by atoms with Crippen LogP contribution in [0.2, 0.25) is 0 Å². The van der Waals surface area contributed by atoms with Crippen molar-refractivity contribution >= 4 is 62.1 Å². The molecule has 0 radical (unpaired) electrons. The zero-order valence-corrected chi connectivity index (χ0v) is 27.0. The molecule has 0 bridgehead atoms. The van der Waals surface area contributed by atoms with Crippen molar-refractivity contribution < 1.29 is 77.4 Å². The molecule has 2 aliphatic heterocycles. The molecular weight excluding hydrogens is 623 g/mol. The summed E-state index contributed by atoms with van der Waals surface area (Å²) in [6.07, 6.45) is 6.20. The minimum Gasteiger partial charge on any atom is -1.00 e. The van der Waals surface area contributed by atoms with Gasteiger partial charge in [-0.15, -0.1) is 23.1 Å². The minimum atomic E-state index is -4.67. The number of nitrogens with zero attached hydrogens (tertiary/aromatic N) is 4. The molecule has 222 valence electrons. The van der Waals surface area contributed by atoms with Crippen LogP contribution in [-0.4, -0.2) is 80.3 Å². The van der Waals surface area contributed by atoms with E-state index in [1.807, 2.05) is 12.3 Å². The molecule has 2 atom stereocenters. The van der Waals surface area contributed by atoms with Crippen molar-refractivity contribution in [3.63, 3.8) is 0 Å². The van der Waals surface area contributed by atoms with Crippen molar-refractivity contribution in [2.75, 3.05) is 18.6 Å². The Kier molecular flexibility index (Phi) is 11.5. The molecule has 0 aromatic carbocycles. The Morgan fingerprint density at radius 2 is 2.02 bits per heavy atom. The van der Waals surface area contributed by atoms with E-state index in [1.165, 1.54) is 35.0 Å². The standard InChI is InChI=1S/C23H24N6O5S2.Na.H2O4S.H/c1-34-27-16(14-11-36-23(24)25-14)19(30)26-17-20(31)29-18(22(32)33)13(10-35-21(17)29)9-28-8-4-6-12-5-2-3-7-15(12)28;;1-5(2,3)4;/h4,6,8,11,17,21H,2-3,5,7,9-10H2,1H3,(H3-,24,25,26,30,32,33);;(H2,1,2,3,4);/q;+1;;-1/p+1/b27-16+;;;/t17-,21-;;;/m1.../s1. The Labute approximate surface area is 272 Å². The van der Waals surface area contributed by atoms with Gasteiger partial charge in [-0.3, -0.25) is 23.6 Å². The summed E-state index contributed by atoms with van der Waals surface area (Å²) in [5.74, 6) is -1.86. The number of nitrogens with two attached hydrogens (primary N) is 1. The Morgan fingerprint density at radius 3 is 2.64 bits per heavy atom. The largest absolute Gasteiger partial charge is 1.00 e. The minimum absolute atomic E-state index is 0. The Bertz CT molecular complexity index is 1540. The summed E-state index contributed by atoms with van der Waals surface area (Å²) in [6, 6.07) is 3.21. The molecule has 6 N–H and O–H groups in total. The van der Waals surface area contributed by atoms with Crippen LogP contribution in [0, 0.1) is 0 Å². The van der Waals surface area contributed by atoms with Crippen LogP contribution < -0.4 is 45.2 Å². The molecule has 15 nitrogen and oxygen atoms in total. The van der Waals surface area contributed by atoms with E-state index in [4.69, 9.17) is 28.1 Å². The van der Waals surface area contributed by atoms with Gasteiger partial charge in [0, 0.05) is 34.8 Å². The first-order valence-corrected chi connectivity index (χ1v) is 15.4. The number of carboxylic acid groups (broad SMARTS) is 1. The molecule has 1 aliphatic carbocycles. The summed E-state index contributed by atoms with van der Waals surface area (Å²) in [5, 5.41) is 17.7. The number of hydrogen-bond donors (Lipinski definition) is 5. The van der Waals surface area contributed by atoms with Crippen molar-refractivity contribution in [3.8, 4) is 0 Å². The van der Waals surface area contributed by atoms with Crippen LogP contribution in [0.1, 0.15) is 31.2 Å². The van der Waals surface area contributed by atoms with E-state index in [9.17, 15) is 19.5 Å². The number of nitrogens with one attached hydrogen (secondary N) is 1. The molecule has 0 saturated carbocycles. The monoisotopic (exact) mass is 651 g/mol. The van der Waals surface area contributed by atoms with E-state index in [0.29, 0.717) is 17.9 Å². The van der Waals surface area contributed by atoms with E-state index in [1.54, 1.807) is 5.38 Å². The molecule has 2 aromatic heterocycles. The summed E-state index contributed by atoms with van der Waals surface area (Å²) in [7, 11) is -3.37. The third-order valence-corrected chi connectivity index (χ3v) is 8.46. The summed E-state index contributed by atoms with van der Waals surface area (Å²) in [4.78, 5) is 48.4. The molecule has 0 spiro atoms. The van der Waals surface area contributed by atoms with Gasteiger partial charge in [0.25, 0.3) is 11.8 Å². The molecule has 4 heterocycles. The van der Waals surface area contributed by atoms with Crippen LogP contribution in [0.4, 0.5) is 5.13 Å². The van der Waals surface area contributed by atoms with Crippen molar-refractivity contribution in [1.29, 1.82) is 0 Å². The van der Waals surface area contributed by atoms with E-state index in [0.717, 1.165) is 37.0 Å². The molecule has 0 unspecified atom stereocenters. The summed E-state index contributed by atoms with van der Waals surface area (Å²) < 4.78 is 33.7. The maximum absolute atomic E-state index is 13.1. The van der Waals surface area contributed by atoms with Gasteiger partial charge in [0.1, 0.15) is 29.9 Å². The first kappa shape index (κ1) is 33.9. The number of rotatable bonds is 7. The SMILES string of the molecule is CO/N=C(/C(=O)N[C@@H]1C(=O)N2C(C(=O)O)=C(C[n+]3cccc4c3CCCC4)CS[C@H]12)c1csc(N)n1.O=S(=O)(O)O.[H-].[Na+]. The average molecular weight is 652 g/mol. The first-order chi connectivity index (χ1) is 19.4. The maximum atomic E-state index is 13.1. The number of thioether (sulfide) groups is 1. The van der Waals surface area contributed by atoms with Crippen LogP contribution in [0.15, 0.2) is 40.1 Å². The van der Waals surface area contributed by atoms with Gasteiger partial charge in [0.05, 0.1) is 0 Å². The predicted octanol–water partition coefficient (Wildman–Crippen LogP) is -2.86. The van der Waals surface area contributed by atoms with Gasteiger partial charge < -0.3 is 22.4 Å². The van der Waals surface area contributed by atoms with E-state index < -0.39 is 39.6 Å². The smallest absolute Gasteiger partial charge is 1.00 e. The fourth-order valence-corrected chi connectivity index (χ4v) is 6.72. The van der Waals surface area contributed by atoms with E-state index >= 15 is 0 Å². The van der Waals surface area contributed by atoms with Crippen molar-refractivity contribution in [1.82, 2.24) is 15.2 Å². The number of aromatic nitrogens is 2. The van der Waals surface area contributed by atoms with Crippen molar-refractivity contribution in [2.24, 2.45) is 5.16 Å². The van der Waals surface area contributed by atoms with Crippen LogP contribution in [0.5, 0.6) is 0 Å². The molecule has 5 rings (SSSR count). The number of amides is 2. The van der Waals surface area contributed by atoms with Gasteiger partial charge >= 0.3 is 45.9 Å². The van der Waals surface area contributed by atoms with Gasteiger partial charge in [-0.05, 0) is 25.3 Å². The second-order valence-corrected chi connectivity index (χ2v) is 12.0. The number of thiazole rings is 1. The first-order valence-electron chi connectivity index (χ1n) is 12.1. The molecular formula is C23H28N6NaO9S3+. The zero-order valence-electron chi connectivity index (χ0n) is 23.6. The van der Waals surface area contributed by atoms with Crippen LogP contribution in [0.3, 0.4) is 0 Å². The molecule has 2 aromatic rings. The summed E-state index contributed by atoms with van der Waals surface area (Å²) in [6.45, 7) is 0.404. The van der Waals surface area contributed by atoms with Gasteiger partial charge in [-0.2, -0.15) is 13.0 Å². The number of carboxylic acids is 1. The van der Waals surface area contributed by atoms with E-state index in [-0.39, 0.29) is 53.2 Å². The second-order valence-electron chi connectivity index (χ2n) is 9.07. The van der Waals surface area contributed by atoms with E-state index in [2.05, 4.69) is 26.1 Å². The number of aryl methyl sites for hydroxylation is 1. The number of oxime groups is 1. The van der Waals surface area contributed by atoms with Gasteiger partial charge in [0.2, 0.25) is 0 Å². The third kappa shape index (κ3) is 7.87. The van der Waals surface area contributed by atoms with Crippen LogP contribution in [0.25, 0.3) is 0 Å². The predicted molar refractivity (Wildman–Crippen MR) is 148 cm³/mol. The summed E-state index contributed by atoms with van der Waals surface area (Å²) in [5.41, 5.74) is 8.96. The van der Waals surface area contributed by atoms with Crippen LogP contribution >= 0.6 is 23.1 Å². The number of carbonyl (C=O) groups is 3. The molecule has 1 saturated heterocycles. The quantitative estimate of drug-likeness (QED) is 0.0509. The Hall–Kier alpha value is -2.58. The third-order valence-electron chi connectivity index (χ3n) is 6.45. The Balaban J connectivity index is 0.000000854. The molecule has 42 heavy (non-hydrogen) atoms. The number of fused-ring (bicyclic) bond motifs is 2. The zero-order chi connectivity index (χ0) is 29.9. The number of carbonyl (C=O) groups excluding carboxylic acids is 2. The summed E-state index contributed by atoms with van der Waals surface area (Å²) >= 11 is 2.57. The number of nitrogen functional groups attached to an aromatic ring is 1. The number of anilines is 1.